The number of amides is 1. The zero-order valence-corrected chi connectivity index (χ0v) is 15.9. The Morgan fingerprint density at radius 1 is 1.23 bits per heavy atom. The highest BCUT2D eigenvalue weighted by Crippen LogP contribution is 2.29. The van der Waals surface area contributed by atoms with Gasteiger partial charge in [0.15, 0.2) is 0 Å². The molecule has 2 N–H and O–H groups in total. The van der Waals surface area contributed by atoms with Crippen LogP contribution < -0.4 is 5.73 Å². The van der Waals surface area contributed by atoms with Crippen LogP contribution in [0, 0.1) is 13.8 Å². The van der Waals surface area contributed by atoms with Crippen LogP contribution in [-0.2, 0) is 16.1 Å². The van der Waals surface area contributed by atoms with Gasteiger partial charge in [0.1, 0.15) is 0 Å². The van der Waals surface area contributed by atoms with Gasteiger partial charge in [-0.2, -0.15) is 5.10 Å². The zero-order valence-electron chi connectivity index (χ0n) is 15.9. The normalized spacial score (nSPS) is 16.6. The molecule has 2 heterocycles. The quantitative estimate of drug-likeness (QED) is 0.863. The van der Waals surface area contributed by atoms with Gasteiger partial charge in [-0.05, 0) is 31.9 Å². The fraction of sp³-hybridized carbons (Fsp3) is 0.500. The van der Waals surface area contributed by atoms with Gasteiger partial charge in [0, 0.05) is 43.4 Å². The highest BCUT2D eigenvalue weighted by atomic mass is 16.5. The van der Waals surface area contributed by atoms with Crippen molar-refractivity contribution >= 4 is 5.91 Å². The topological polar surface area (TPSA) is 73.4 Å². The number of morpholine rings is 1. The molecule has 0 bridgehead atoms. The maximum absolute atomic E-state index is 11.0. The number of aryl methyl sites for hydroxylation is 2. The molecule has 6 nitrogen and oxygen atoms in total. The van der Waals surface area contributed by atoms with Gasteiger partial charge in [0.25, 0.3) is 0 Å². The van der Waals surface area contributed by atoms with Crippen molar-refractivity contribution in [2.75, 3.05) is 26.3 Å². The number of primary amides is 1. The molecule has 0 aliphatic carbocycles. The van der Waals surface area contributed by atoms with Gasteiger partial charge in [0.2, 0.25) is 5.91 Å². The lowest BCUT2D eigenvalue weighted by Gasteiger charge is -2.32. The minimum Gasteiger partial charge on any atom is -0.379 e. The Bertz CT molecular complexity index is 761. The Labute approximate surface area is 154 Å². The predicted molar refractivity (Wildman–Crippen MR) is 102 cm³/mol. The Morgan fingerprint density at radius 3 is 2.50 bits per heavy atom. The van der Waals surface area contributed by atoms with E-state index < -0.39 is 0 Å². The molecule has 1 aromatic heterocycles. The SMILES string of the molecule is Cc1nn(CCC(N)=O)c(C)c1-c1ccc(C(C)N2CCOCC2)cc1. The molecule has 26 heavy (non-hydrogen) atoms. The summed E-state index contributed by atoms with van der Waals surface area (Å²) in [4.78, 5) is 13.5. The molecule has 1 aliphatic rings. The van der Waals surface area contributed by atoms with E-state index in [1.807, 2.05) is 18.5 Å². The van der Waals surface area contributed by atoms with E-state index in [-0.39, 0.29) is 5.91 Å². The monoisotopic (exact) mass is 356 g/mol. The molecule has 1 saturated heterocycles. The second kappa shape index (κ2) is 8.01. The molecule has 1 amide bonds. The largest absolute Gasteiger partial charge is 0.379 e. The van der Waals surface area contributed by atoms with Crippen LogP contribution in [0.25, 0.3) is 11.1 Å². The lowest BCUT2D eigenvalue weighted by Crippen LogP contribution is -2.37. The molecule has 1 unspecified atom stereocenters. The maximum atomic E-state index is 11.0. The summed E-state index contributed by atoms with van der Waals surface area (Å²) in [6, 6.07) is 9.13. The van der Waals surface area contributed by atoms with Gasteiger partial charge in [-0.15, -0.1) is 0 Å². The lowest BCUT2D eigenvalue weighted by molar-refractivity contribution is -0.118. The van der Waals surface area contributed by atoms with Crippen LogP contribution in [0.4, 0.5) is 0 Å². The number of nitrogens with zero attached hydrogens (tertiary/aromatic N) is 3. The Hall–Kier alpha value is -2.18. The van der Waals surface area contributed by atoms with Crippen molar-refractivity contribution in [2.24, 2.45) is 5.73 Å². The van der Waals surface area contributed by atoms with Crippen molar-refractivity contribution < 1.29 is 9.53 Å². The van der Waals surface area contributed by atoms with Crippen LogP contribution in [0.5, 0.6) is 0 Å². The number of carbonyl (C=O) groups excluding carboxylic acids is 1. The van der Waals surface area contributed by atoms with E-state index in [4.69, 9.17) is 10.5 Å². The van der Waals surface area contributed by atoms with Gasteiger partial charge in [-0.25, -0.2) is 0 Å². The number of aromatic nitrogens is 2. The molecule has 0 spiro atoms. The predicted octanol–water partition coefficient (Wildman–Crippen LogP) is 2.44. The Balaban J connectivity index is 1.79. The number of nitrogens with two attached hydrogens (primary N) is 1. The summed E-state index contributed by atoms with van der Waals surface area (Å²) >= 11 is 0. The molecule has 0 saturated carbocycles. The van der Waals surface area contributed by atoms with Gasteiger partial charge in [-0.1, -0.05) is 24.3 Å². The van der Waals surface area contributed by atoms with Crippen LogP contribution in [-0.4, -0.2) is 46.9 Å². The minimum absolute atomic E-state index is 0.303. The van der Waals surface area contributed by atoms with Crippen LogP contribution in [0.15, 0.2) is 24.3 Å². The van der Waals surface area contributed by atoms with Gasteiger partial charge in [0.05, 0.1) is 18.9 Å². The summed E-state index contributed by atoms with van der Waals surface area (Å²) in [5.74, 6) is -0.305. The second-order valence-corrected chi connectivity index (χ2v) is 6.93. The lowest BCUT2D eigenvalue weighted by atomic mass is 9.99. The molecule has 140 valence electrons. The number of hydrogen-bond acceptors (Lipinski definition) is 4. The fourth-order valence-corrected chi connectivity index (χ4v) is 3.65. The van der Waals surface area contributed by atoms with Crippen LogP contribution in [0.2, 0.25) is 0 Å². The fourth-order valence-electron chi connectivity index (χ4n) is 3.65. The van der Waals surface area contributed by atoms with Crippen LogP contribution in [0.1, 0.15) is 36.3 Å². The third-order valence-electron chi connectivity index (χ3n) is 5.23. The minimum atomic E-state index is -0.305. The molecule has 1 fully saturated rings. The molecule has 0 radical (unpaired) electrons. The molecule has 1 atom stereocenters. The van der Waals surface area contributed by atoms with E-state index in [0.717, 1.165) is 48.8 Å². The van der Waals surface area contributed by atoms with Crippen molar-refractivity contribution in [3.8, 4) is 11.1 Å². The van der Waals surface area contributed by atoms with Crippen molar-refractivity contribution in [2.45, 2.75) is 39.8 Å². The van der Waals surface area contributed by atoms with Gasteiger partial charge >= 0.3 is 0 Å². The molecular weight excluding hydrogens is 328 g/mol. The first-order valence-electron chi connectivity index (χ1n) is 9.22. The average molecular weight is 356 g/mol. The summed E-state index contributed by atoms with van der Waals surface area (Å²) < 4.78 is 7.32. The number of hydrogen-bond donors (Lipinski definition) is 1. The first-order chi connectivity index (χ1) is 12.5. The number of benzene rings is 1. The molecule has 2 aromatic rings. The summed E-state index contributed by atoms with van der Waals surface area (Å²) in [6.07, 6.45) is 0.303. The second-order valence-electron chi connectivity index (χ2n) is 6.93. The van der Waals surface area contributed by atoms with E-state index in [1.54, 1.807) is 0 Å². The number of ether oxygens (including phenoxy) is 1. The summed E-state index contributed by atoms with van der Waals surface area (Å²) in [6.45, 7) is 10.4. The Morgan fingerprint density at radius 2 is 1.88 bits per heavy atom. The molecule has 3 rings (SSSR count). The maximum Gasteiger partial charge on any atom is 0.219 e. The molecule has 1 aromatic carbocycles. The van der Waals surface area contributed by atoms with Crippen molar-refractivity contribution in [3.63, 3.8) is 0 Å². The first kappa shape index (κ1) is 18.6. The number of carbonyl (C=O) groups is 1. The number of rotatable bonds is 6. The average Bonchev–Trinajstić information content (AvgIpc) is 2.94. The van der Waals surface area contributed by atoms with Crippen LogP contribution in [0.3, 0.4) is 0 Å². The Kier molecular flexibility index (Phi) is 5.74. The summed E-state index contributed by atoms with van der Waals surface area (Å²) in [5, 5.41) is 4.58. The smallest absolute Gasteiger partial charge is 0.219 e. The van der Waals surface area contributed by atoms with Gasteiger partial charge < -0.3 is 10.5 Å². The van der Waals surface area contributed by atoms with Gasteiger partial charge in [-0.3, -0.25) is 14.4 Å². The highest BCUT2D eigenvalue weighted by molar-refractivity contribution is 5.73. The standard InChI is InChI=1S/C20H28N4O2/c1-14-20(16(3)24(22-14)9-8-19(21)25)18-6-4-17(5-7-18)15(2)23-10-12-26-13-11-23/h4-7,15H,8-13H2,1-3H3,(H2,21,25). The first-order valence-corrected chi connectivity index (χ1v) is 9.22. The van der Waals surface area contributed by atoms with E-state index >= 15 is 0 Å². The van der Waals surface area contributed by atoms with E-state index in [1.165, 1.54) is 5.56 Å². The van der Waals surface area contributed by atoms with Crippen molar-refractivity contribution in [1.82, 2.24) is 14.7 Å². The zero-order chi connectivity index (χ0) is 18.7. The third kappa shape index (κ3) is 3.97. The van der Waals surface area contributed by atoms with Crippen LogP contribution >= 0.6 is 0 Å². The van der Waals surface area contributed by atoms with E-state index in [2.05, 4.69) is 41.2 Å². The van der Waals surface area contributed by atoms with Crippen molar-refractivity contribution in [3.05, 3.63) is 41.2 Å². The van der Waals surface area contributed by atoms with Crippen molar-refractivity contribution in [1.29, 1.82) is 0 Å². The van der Waals surface area contributed by atoms with E-state index in [0.29, 0.717) is 19.0 Å². The summed E-state index contributed by atoms with van der Waals surface area (Å²) in [5.41, 5.74) is 10.9. The third-order valence-corrected chi connectivity index (χ3v) is 5.23. The molecule has 1 aliphatic heterocycles. The highest BCUT2D eigenvalue weighted by Gasteiger charge is 2.19. The van der Waals surface area contributed by atoms with E-state index in [9.17, 15) is 4.79 Å². The molecule has 6 heteroatoms. The summed E-state index contributed by atoms with van der Waals surface area (Å²) in [7, 11) is 0. The molecular formula is C20H28N4O2.